The number of amides is 1. The number of sulfonamides is 1. The predicted octanol–water partition coefficient (Wildman–Crippen LogP) is 3.50. The monoisotopic (exact) mass is 443 g/mol. The van der Waals surface area contributed by atoms with Crippen LogP contribution in [-0.4, -0.2) is 56.3 Å². The molecule has 1 fully saturated rings. The molecule has 168 valence electrons. The van der Waals surface area contributed by atoms with Crippen molar-refractivity contribution in [2.45, 2.75) is 50.1 Å². The number of rotatable bonds is 9. The van der Waals surface area contributed by atoms with E-state index in [0.29, 0.717) is 18.7 Å². The van der Waals surface area contributed by atoms with Crippen LogP contribution in [0.1, 0.15) is 48.5 Å². The number of hydrogen-bond donors (Lipinski definition) is 1. The number of piperidine rings is 1. The van der Waals surface area contributed by atoms with Gasteiger partial charge in [-0.05, 0) is 63.5 Å². The van der Waals surface area contributed by atoms with Crippen molar-refractivity contribution < 1.29 is 13.2 Å². The van der Waals surface area contributed by atoms with Crippen molar-refractivity contribution in [3.63, 3.8) is 0 Å². The number of benzene rings is 2. The summed E-state index contributed by atoms with van der Waals surface area (Å²) in [5, 5.41) is 2.91. The molecule has 0 saturated carbocycles. The van der Waals surface area contributed by atoms with E-state index < -0.39 is 10.0 Å². The first-order chi connectivity index (χ1) is 14.9. The Morgan fingerprint density at radius 2 is 1.90 bits per heavy atom. The molecular weight excluding hydrogens is 410 g/mol. The molecule has 1 aliphatic heterocycles. The van der Waals surface area contributed by atoms with Crippen LogP contribution in [0.3, 0.4) is 0 Å². The van der Waals surface area contributed by atoms with Gasteiger partial charge in [-0.25, -0.2) is 8.42 Å². The van der Waals surface area contributed by atoms with E-state index in [1.54, 1.807) is 22.5 Å². The lowest BCUT2D eigenvalue weighted by atomic mass is 10.1. The molecule has 1 aliphatic rings. The lowest BCUT2D eigenvalue weighted by molar-refractivity contribution is 0.0951. The summed E-state index contributed by atoms with van der Waals surface area (Å²) in [5.41, 5.74) is 1.64. The Kier molecular flexibility index (Phi) is 8.23. The molecule has 1 atom stereocenters. The highest BCUT2D eigenvalue weighted by molar-refractivity contribution is 7.89. The Balaban J connectivity index is 1.52. The van der Waals surface area contributed by atoms with Gasteiger partial charge in [0.25, 0.3) is 5.91 Å². The summed E-state index contributed by atoms with van der Waals surface area (Å²) in [6.07, 6.45) is 3.62. The summed E-state index contributed by atoms with van der Waals surface area (Å²) in [7, 11) is -1.53. The molecule has 1 amide bonds. The first-order valence-corrected chi connectivity index (χ1v) is 12.4. The minimum absolute atomic E-state index is 0.0101. The molecular formula is C24H33N3O3S. The maximum atomic E-state index is 13.0. The summed E-state index contributed by atoms with van der Waals surface area (Å²) < 4.78 is 27.7. The zero-order valence-corrected chi connectivity index (χ0v) is 19.3. The zero-order chi connectivity index (χ0) is 22.3. The van der Waals surface area contributed by atoms with E-state index in [9.17, 15) is 13.2 Å². The molecule has 2 aromatic rings. The van der Waals surface area contributed by atoms with Crippen LogP contribution >= 0.6 is 0 Å². The van der Waals surface area contributed by atoms with Gasteiger partial charge in [0.05, 0.1) is 4.90 Å². The highest BCUT2D eigenvalue weighted by Crippen LogP contribution is 2.25. The first kappa shape index (κ1) is 23.4. The lowest BCUT2D eigenvalue weighted by Gasteiger charge is -2.32. The van der Waals surface area contributed by atoms with Crippen molar-refractivity contribution >= 4 is 15.9 Å². The average Bonchev–Trinajstić information content (AvgIpc) is 2.77. The van der Waals surface area contributed by atoms with Crippen LogP contribution < -0.4 is 5.32 Å². The second-order valence-corrected chi connectivity index (χ2v) is 10.2. The summed E-state index contributed by atoms with van der Waals surface area (Å²) in [6, 6.07) is 16.6. The van der Waals surface area contributed by atoms with Crippen LogP contribution in [0.5, 0.6) is 0 Å². The quantitative estimate of drug-likeness (QED) is 0.602. The highest BCUT2D eigenvalue weighted by Gasteiger charge is 2.31. The Hall–Kier alpha value is -2.22. The molecule has 1 heterocycles. The molecule has 6 nitrogen and oxygen atoms in total. The third-order valence-corrected chi connectivity index (χ3v) is 7.75. The van der Waals surface area contributed by atoms with E-state index in [0.717, 1.165) is 38.8 Å². The largest absolute Gasteiger partial charge is 0.352 e. The van der Waals surface area contributed by atoms with Gasteiger partial charge >= 0.3 is 0 Å². The van der Waals surface area contributed by atoms with Crippen molar-refractivity contribution in [1.29, 1.82) is 0 Å². The van der Waals surface area contributed by atoms with Crippen molar-refractivity contribution in [3.05, 3.63) is 65.7 Å². The van der Waals surface area contributed by atoms with E-state index in [2.05, 4.69) is 29.4 Å². The van der Waals surface area contributed by atoms with E-state index in [1.807, 2.05) is 25.1 Å². The minimum atomic E-state index is -3.59. The molecule has 1 N–H and O–H groups in total. The number of carbonyl (C=O) groups is 1. The fraction of sp³-hybridized carbons (Fsp3) is 0.458. The van der Waals surface area contributed by atoms with Crippen molar-refractivity contribution in [1.82, 2.24) is 14.5 Å². The third kappa shape index (κ3) is 6.38. The molecule has 0 radical (unpaired) electrons. The summed E-state index contributed by atoms with van der Waals surface area (Å²) in [6.45, 7) is 4.75. The van der Waals surface area contributed by atoms with E-state index in [-0.39, 0.29) is 16.8 Å². The second kappa shape index (κ2) is 10.9. The molecule has 1 saturated heterocycles. The second-order valence-electron chi connectivity index (χ2n) is 8.32. The topological polar surface area (TPSA) is 69.7 Å². The van der Waals surface area contributed by atoms with Crippen LogP contribution in [0.2, 0.25) is 0 Å². The lowest BCUT2D eigenvalue weighted by Crippen LogP contribution is -2.42. The van der Waals surface area contributed by atoms with Crippen LogP contribution in [-0.2, 0) is 16.6 Å². The summed E-state index contributed by atoms with van der Waals surface area (Å²) in [4.78, 5) is 15.0. The molecule has 2 aromatic carbocycles. The predicted molar refractivity (Wildman–Crippen MR) is 123 cm³/mol. The van der Waals surface area contributed by atoms with Crippen molar-refractivity contribution in [2.24, 2.45) is 0 Å². The molecule has 0 aliphatic carbocycles. The number of hydrogen-bond acceptors (Lipinski definition) is 4. The maximum absolute atomic E-state index is 13.0. The Labute approximate surface area is 186 Å². The normalized spacial score (nSPS) is 17.6. The maximum Gasteiger partial charge on any atom is 0.251 e. The van der Waals surface area contributed by atoms with Crippen molar-refractivity contribution in [3.8, 4) is 0 Å². The molecule has 31 heavy (non-hydrogen) atoms. The molecule has 3 rings (SSSR count). The van der Waals surface area contributed by atoms with Crippen LogP contribution in [0.4, 0.5) is 0 Å². The SMILES string of the molecule is CC1CCCCN1S(=O)(=O)c1cccc(C(=O)NCCCN(C)Cc2ccccc2)c1. The van der Waals surface area contributed by atoms with Crippen molar-refractivity contribution in [2.75, 3.05) is 26.7 Å². The van der Waals surface area contributed by atoms with Gasteiger partial charge in [0.15, 0.2) is 0 Å². The van der Waals surface area contributed by atoms with Gasteiger partial charge < -0.3 is 10.2 Å². The number of carbonyl (C=O) groups excluding carboxylic acids is 1. The smallest absolute Gasteiger partial charge is 0.251 e. The van der Waals surface area contributed by atoms with Gasteiger partial charge in [0.2, 0.25) is 10.0 Å². The van der Waals surface area contributed by atoms with Gasteiger partial charge in [0, 0.05) is 31.2 Å². The molecule has 0 bridgehead atoms. The third-order valence-electron chi connectivity index (χ3n) is 5.74. The molecule has 1 unspecified atom stereocenters. The number of nitrogens with one attached hydrogen (secondary N) is 1. The summed E-state index contributed by atoms with van der Waals surface area (Å²) in [5.74, 6) is -0.241. The fourth-order valence-electron chi connectivity index (χ4n) is 3.99. The van der Waals surface area contributed by atoms with Gasteiger partial charge in [0.1, 0.15) is 0 Å². The van der Waals surface area contributed by atoms with Gasteiger partial charge in [-0.15, -0.1) is 0 Å². The molecule has 7 heteroatoms. The fourth-order valence-corrected chi connectivity index (χ4v) is 5.74. The number of nitrogens with zero attached hydrogens (tertiary/aromatic N) is 2. The molecule has 0 aromatic heterocycles. The van der Waals surface area contributed by atoms with Gasteiger partial charge in [-0.2, -0.15) is 4.31 Å². The Morgan fingerprint density at radius 1 is 1.13 bits per heavy atom. The van der Waals surface area contributed by atoms with Crippen LogP contribution in [0.15, 0.2) is 59.5 Å². The van der Waals surface area contributed by atoms with E-state index >= 15 is 0 Å². The minimum Gasteiger partial charge on any atom is -0.352 e. The summed E-state index contributed by atoms with van der Waals surface area (Å²) >= 11 is 0. The Bertz CT molecular complexity index is 963. The molecule has 0 spiro atoms. The first-order valence-electron chi connectivity index (χ1n) is 11.0. The van der Waals surface area contributed by atoms with Crippen LogP contribution in [0, 0.1) is 0 Å². The van der Waals surface area contributed by atoms with E-state index in [1.165, 1.54) is 11.6 Å². The zero-order valence-electron chi connectivity index (χ0n) is 18.5. The standard InChI is InChI=1S/C24H33N3O3S/c1-20-10-6-7-17-27(20)31(29,30)23-14-8-13-22(18-23)24(28)25-15-9-16-26(2)19-21-11-4-3-5-12-21/h3-5,8,11-14,18,20H,6-7,9-10,15-17,19H2,1-2H3,(H,25,28). The van der Waals surface area contributed by atoms with Gasteiger partial charge in [-0.3, -0.25) is 4.79 Å². The average molecular weight is 444 g/mol. The van der Waals surface area contributed by atoms with E-state index in [4.69, 9.17) is 0 Å². The van der Waals surface area contributed by atoms with Gasteiger partial charge in [-0.1, -0.05) is 42.8 Å². The highest BCUT2D eigenvalue weighted by atomic mass is 32.2. The Morgan fingerprint density at radius 3 is 2.65 bits per heavy atom. The van der Waals surface area contributed by atoms with Crippen LogP contribution in [0.25, 0.3) is 0 Å².